The normalized spacial score (nSPS) is 10.6. The smallest absolute Gasteiger partial charge is 0.335 e. The molecule has 0 unspecified atom stereocenters. The largest absolute Gasteiger partial charge is 0.478 e. The average molecular weight is 308 g/mol. The van der Waals surface area contributed by atoms with E-state index in [1.807, 2.05) is 0 Å². The minimum absolute atomic E-state index is 0.266. The number of carboxylic acids is 1. The maximum atomic E-state index is 10.8. The maximum Gasteiger partial charge on any atom is 0.335 e. The second-order valence-corrected chi connectivity index (χ2v) is 5.15. The van der Waals surface area contributed by atoms with Crippen LogP contribution in [0.4, 0.5) is 5.69 Å². The first-order chi connectivity index (χ1) is 10.1. The summed E-state index contributed by atoms with van der Waals surface area (Å²) in [5.74, 6) is -0.0291. The molecule has 0 aliphatic heterocycles. The average Bonchev–Trinajstić information content (AvgIpc) is 2.83. The number of benzene rings is 1. The number of halogens is 1. The fourth-order valence-electron chi connectivity index (χ4n) is 1.94. The summed E-state index contributed by atoms with van der Waals surface area (Å²) in [7, 11) is 0. The molecular formula is C15H18ClN3O2. The lowest BCUT2D eigenvalue weighted by Crippen LogP contribution is -2.02. The summed E-state index contributed by atoms with van der Waals surface area (Å²) in [4.78, 5) is 18.3. The van der Waals surface area contributed by atoms with E-state index in [0.29, 0.717) is 11.7 Å². The van der Waals surface area contributed by atoms with Crippen molar-refractivity contribution in [2.45, 2.75) is 32.7 Å². The summed E-state index contributed by atoms with van der Waals surface area (Å²) in [5, 5.41) is 12.5. The van der Waals surface area contributed by atoms with Crippen molar-refractivity contribution >= 4 is 23.3 Å². The lowest BCUT2D eigenvalue weighted by atomic mass is 10.2. The maximum absolute atomic E-state index is 10.8. The predicted molar refractivity (Wildman–Crippen MR) is 82.9 cm³/mol. The third-order valence-electron chi connectivity index (χ3n) is 3.15. The molecule has 1 aromatic heterocycles. The van der Waals surface area contributed by atoms with Gasteiger partial charge in [0.05, 0.1) is 17.8 Å². The summed E-state index contributed by atoms with van der Waals surface area (Å²) in [6, 6.07) is 6.58. The van der Waals surface area contributed by atoms with Crippen molar-refractivity contribution in [1.29, 1.82) is 0 Å². The second kappa shape index (κ2) is 7.13. The fourth-order valence-corrected chi connectivity index (χ4v) is 2.16. The number of H-pyrrole nitrogens is 1. The van der Waals surface area contributed by atoms with Crippen LogP contribution in [0.15, 0.2) is 24.3 Å². The molecule has 2 rings (SSSR count). The highest BCUT2D eigenvalue weighted by Crippen LogP contribution is 2.17. The molecule has 3 N–H and O–H groups in total. The van der Waals surface area contributed by atoms with E-state index in [4.69, 9.17) is 16.7 Å². The van der Waals surface area contributed by atoms with Crippen LogP contribution in [0.2, 0.25) is 5.15 Å². The molecule has 0 radical (unpaired) electrons. The number of imidazole rings is 1. The zero-order valence-electron chi connectivity index (χ0n) is 11.8. The van der Waals surface area contributed by atoms with Gasteiger partial charge in [0.1, 0.15) is 5.82 Å². The molecule has 2 aromatic rings. The Labute approximate surface area is 128 Å². The number of carbonyl (C=O) groups is 1. The summed E-state index contributed by atoms with van der Waals surface area (Å²) in [6.07, 6.45) is 3.08. The van der Waals surface area contributed by atoms with Gasteiger partial charge in [0, 0.05) is 12.1 Å². The quantitative estimate of drug-likeness (QED) is 0.728. The van der Waals surface area contributed by atoms with Crippen molar-refractivity contribution in [2.24, 2.45) is 0 Å². The zero-order valence-corrected chi connectivity index (χ0v) is 12.6. The summed E-state index contributed by atoms with van der Waals surface area (Å²) in [5.41, 5.74) is 1.94. The van der Waals surface area contributed by atoms with E-state index in [0.717, 1.165) is 36.5 Å². The molecule has 0 saturated heterocycles. The molecule has 0 bridgehead atoms. The first-order valence-electron chi connectivity index (χ1n) is 6.90. The molecule has 5 nitrogen and oxygen atoms in total. The number of aromatic carboxylic acids is 1. The number of nitrogens with one attached hydrogen (secondary N) is 2. The Bertz CT molecular complexity index is 608. The minimum atomic E-state index is -0.932. The topological polar surface area (TPSA) is 78.0 Å². The van der Waals surface area contributed by atoms with Crippen LogP contribution in [-0.2, 0) is 13.0 Å². The molecule has 1 heterocycles. The van der Waals surface area contributed by atoms with Gasteiger partial charge in [-0.15, -0.1) is 0 Å². The number of hydrogen-bond donors (Lipinski definition) is 3. The van der Waals surface area contributed by atoms with Crippen LogP contribution in [0, 0.1) is 0 Å². The van der Waals surface area contributed by atoms with E-state index in [-0.39, 0.29) is 5.56 Å². The fraction of sp³-hybridized carbons (Fsp3) is 0.333. The van der Waals surface area contributed by atoms with E-state index in [1.165, 1.54) is 0 Å². The molecule has 0 atom stereocenters. The number of hydrogen-bond acceptors (Lipinski definition) is 3. The number of aryl methyl sites for hydroxylation is 1. The van der Waals surface area contributed by atoms with Gasteiger partial charge in [-0.2, -0.15) is 0 Å². The predicted octanol–water partition coefficient (Wildman–Crippen LogP) is 3.72. The van der Waals surface area contributed by atoms with Crippen LogP contribution in [0.25, 0.3) is 0 Å². The lowest BCUT2D eigenvalue weighted by Gasteiger charge is -2.05. The molecule has 21 heavy (non-hydrogen) atoms. The van der Waals surface area contributed by atoms with Crippen molar-refractivity contribution < 1.29 is 9.90 Å². The Morgan fingerprint density at radius 1 is 1.38 bits per heavy atom. The van der Waals surface area contributed by atoms with Gasteiger partial charge in [-0.25, -0.2) is 9.78 Å². The SMILES string of the molecule is CCCCc1nc(Cl)c(CNc2ccc(C(=O)O)cc2)[nH]1. The van der Waals surface area contributed by atoms with Crippen LogP contribution in [-0.4, -0.2) is 21.0 Å². The van der Waals surface area contributed by atoms with Crippen molar-refractivity contribution in [3.8, 4) is 0 Å². The summed E-state index contributed by atoms with van der Waals surface area (Å²) < 4.78 is 0. The third-order valence-corrected chi connectivity index (χ3v) is 3.46. The van der Waals surface area contributed by atoms with Crippen LogP contribution in [0.3, 0.4) is 0 Å². The van der Waals surface area contributed by atoms with Gasteiger partial charge < -0.3 is 15.4 Å². The Morgan fingerprint density at radius 2 is 2.10 bits per heavy atom. The Hall–Kier alpha value is -2.01. The van der Waals surface area contributed by atoms with Gasteiger partial charge in [-0.05, 0) is 30.7 Å². The number of nitrogens with zero attached hydrogens (tertiary/aromatic N) is 1. The third kappa shape index (κ3) is 4.23. The number of anilines is 1. The Kier molecular flexibility index (Phi) is 5.22. The molecule has 0 aliphatic carbocycles. The standard InChI is InChI=1S/C15H18ClN3O2/c1-2-3-4-13-18-12(14(16)19-13)9-17-11-7-5-10(6-8-11)15(20)21/h5-8,17H,2-4,9H2,1H3,(H,18,19)(H,20,21). The number of carboxylic acid groups (broad SMARTS) is 1. The summed E-state index contributed by atoms with van der Waals surface area (Å²) >= 11 is 6.10. The number of rotatable bonds is 7. The minimum Gasteiger partial charge on any atom is -0.478 e. The monoisotopic (exact) mass is 307 g/mol. The van der Waals surface area contributed by atoms with Crippen molar-refractivity contribution in [1.82, 2.24) is 9.97 Å². The Morgan fingerprint density at radius 3 is 2.71 bits per heavy atom. The molecule has 6 heteroatoms. The van der Waals surface area contributed by atoms with Crippen LogP contribution in [0.5, 0.6) is 0 Å². The van der Waals surface area contributed by atoms with Crippen LogP contribution >= 0.6 is 11.6 Å². The van der Waals surface area contributed by atoms with Crippen molar-refractivity contribution in [3.05, 3.63) is 46.5 Å². The first-order valence-corrected chi connectivity index (χ1v) is 7.28. The van der Waals surface area contributed by atoms with E-state index in [1.54, 1.807) is 24.3 Å². The number of aromatic nitrogens is 2. The number of aromatic amines is 1. The van der Waals surface area contributed by atoms with Gasteiger partial charge in [-0.1, -0.05) is 24.9 Å². The van der Waals surface area contributed by atoms with Crippen LogP contribution < -0.4 is 5.32 Å². The van der Waals surface area contributed by atoms with E-state index in [9.17, 15) is 4.79 Å². The molecule has 0 fully saturated rings. The molecule has 1 aromatic carbocycles. The highest BCUT2D eigenvalue weighted by molar-refractivity contribution is 6.30. The van der Waals surface area contributed by atoms with E-state index in [2.05, 4.69) is 22.2 Å². The molecule has 112 valence electrons. The van der Waals surface area contributed by atoms with Gasteiger partial charge in [-0.3, -0.25) is 0 Å². The van der Waals surface area contributed by atoms with E-state index < -0.39 is 5.97 Å². The van der Waals surface area contributed by atoms with Crippen molar-refractivity contribution in [2.75, 3.05) is 5.32 Å². The van der Waals surface area contributed by atoms with Gasteiger partial charge in [0.25, 0.3) is 0 Å². The second-order valence-electron chi connectivity index (χ2n) is 4.79. The molecule has 0 saturated carbocycles. The molecular weight excluding hydrogens is 290 g/mol. The molecule has 0 spiro atoms. The van der Waals surface area contributed by atoms with Crippen LogP contribution in [0.1, 0.15) is 41.6 Å². The van der Waals surface area contributed by atoms with Crippen molar-refractivity contribution in [3.63, 3.8) is 0 Å². The zero-order chi connectivity index (χ0) is 15.2. The highest BCUT2D eigenvalue weighted by atomic mass is 35.5. The van der Waals surface area contributed by atoms with Gasteiger partial charge in [0.2, 0.25) is 0 Å². The Balaban J connectivity index is 1.96. The van der Waals surface area contributed by atoms with E-state index >= 15 is 0 Å². The molecule has 0 aliphatic rings. The van der Waals surface area contributed by atoms with Gasteiger partial charge in [0.15, 0.2) is 5.15 Å². The first kappa shape index (κ1) is 15.4. The molecule has 0 amide bonds. The van der Waals surface area contributed by atoms with Gasteiger partial charge >= 0.3 is 5.97 Å². The lowest BCUT2D eigenvalue weighted by molar-refractivity contribution is 0.0697. The highest BCUT2D eigenvalue weighted by Gasteiger charge is 2.08. The summed E-state index contributed by atoms with van der Waals surface area (Å²) in [6.45, 7) is 2.65. The number of unbranched alkanes of at least 4 members (excludes halogenated alkanes) is 1.